The second-order valence-corrected chi connectivity index (χ2v) is 9.13. The monoisotopic (exact) mass is 495 g/mol. The Hall–Kier alpha value is -3.43. The molecule has 2 N–H and O–H groups in total. The average molecular weight is 496 g/mol. The first-order valence-corrected chi connectivity index (χ1v) is 12.2. The van der Waals surface area contributed by atoms with Crippen molar-refractivity contribution >= 4 is 17.7 Å². The highest BCUT2D eigenvalue weighted by atomic mass is 16.5. The van der Waals surface area contributed by atoms with E-state index in [4.69, 9.17) is 14.2 Å². The summed E-state index contributed by atoms with van der Waals surface area (Å²) in [5, 5.41) is 5.75. The predicted octanol–water partition coefficient (Wildman–Crippen LogP) is 1.65. The molecule has 2 fully saturated rings. The summed E-state index contributed by atoms with van der Waals surface area (Å²) < 4.78 is 16.1. The third-order valence-corrected chi connectivity index (χ3v) is 6.44. The van der Waals surface area contributed by atoms with Crippen LogP contribution >= 0.6 is 0 Å². The van der Waals surface area contributed by atoms with Crippen molar-refractivity contribution in [3.8, 4) is 5.75 Å². The number of hydrogen-bond donors (Lipinski definition) is 2. The van der Waals surface area contributed by atoms with Crippen LogP contribution in [0.2, 0.25) is 0 Å². The van der Waals surface area contributed by atoms with Gasteiger partial charge in [-0.25, -0.2) is 0 Å². The summed E-state index contributed by atoms with van der Waals surface area (Å²) in [6.45, 7) is 3.43. The van der Waals surface area contributed by atoms with E-state index in [1.807, 2.05) is 43.3 Å². The minimum Gasteiger partial charge on any atom is -0.497 e. The molecule has 1 saturated heterocycles. The first-order valence-electron chi connectivity index (χ1n) is 12.2. The standard InChI is InChI=1S/C27H33N3O6/c1-18-3-5-20(6-4-18)26(32)29-24(27(33)30-11-13-35-14-12-30)16-36-17-25(31)28-23-15-22(23)19-7-9-21(34-2)10-8-19/h3-10,22-24H,11-17H2,1-2H3,(H,28,31)(H,29,32)/t22-,23?,24-/m0/s1. The van der Waals surface area contributed by atoms with Crippen molar-refractivity contribution in [2.75, 3.05) is 46.6 Å². The second kappa shape index (κ2) is 12.0. The molecule has 4 rings (SSSR count). The molecule has 1 heterocycles. The third kappa shape index (κ3) is 6.83. The number of methoxy groups -OCH3 is 1. The normalized spacial score (nSPS) is 19.8. The van der Waals surface area contributed by atoms with Crippen LogP contribution in [0.15, 0.2) is 48.5 Å². The van der Waals surface area contributed by atoms with Crippen LogP contribution in [0.1, 0.15) is 33.8 Å². The van der Waals surface area contributed by atoms with Crippen molar-refractivity contribution in [3.05, 3.63) is 65.2 Å². The topological polar surface area (TPSA) is 106 Å². The van der Waals surface area contributed by atoms with Gasteiger partial charge < -0.3 is 29.7 Å². The second-order valence-electron chi connectivity index (χ2n) is 9.13. The smallest absolute Gasteiger partial charge is 0.251 e. The van der Waals surface area contributed by atoms with Crippen LogP contribution in [0, 0.1) is 6.92 Å². The summed E-state index contributed by atoms with van der Waals surface area (Å²) in [5.41, 5.74) is 2.64. The summed E-state index contributed by atoms with van der Waals surface area (Å²) >= 11 is 0. The van der Waals surface area contributed by atoms with Crippen LogP contribution in [0.5, 0.6) is 5.75 Å². The molecule has 1 aliphatic heterocycles. The number of morpholine rings is 1. The molecule has 0 radical (unpaired) electrons. The highest BCUT2D eigenvalue weighted by molar-refractivity contribution is 5.97. The highest BCUT2D eigenvalue weighted by Crippen LogP contribution is 2.41. The summed E-state index contributed by atoms with van der Waals surface area (Å²) in [5.74, 6) is 0.197. The summed E-state index contributed by atoms with van der Waals surface area (Å²) in [7, 11) is 1.63. The molecule has 192 valence electrons. The lowest BCUT2D eigenvalue weighted by Crippen LogP contribution is -2.53. The Labute approximate surface area is 211 Å². The summed E-state index contributed by atoms with van der Waals surface area (Å²) in [6, 6.07) is 14.1. The number of rotatable bonds is 10. The number of ether oxygens (including phenoxy) is 3. The van der Waals surface area contributed by atoms with Crippen LogP contribution in [0.25, 0.3) is 0 Å². The van der Waals surface area contributed by atoms with Gasteiger partial charge in [0.05, 0.1) is 26.9 Å². The van der Waals surface area contributed by atoms with E-state index < -0.39 is 6.04 Å². The van der Waals surface area contributed by atoms with Crippen LogP contribution < -0.4 is 15.4 Å². The summed E-state index contributed by atoms with van der Waals surface area (Å²) in [6.07, 6.45) is 0.864. The molecular weight excluding hydrogens is 462 g/mol. The van der Waals surface area contributed by atoms with Gasteiger partial charge in [-0.1, -0.05) is 29.8 Å². The zero-order valence-electron chi connectivity index (χ0n) is 20.7. The molecule has 9 heteroatoms. The Morgan fingerprint density at radius 3 is 2.42 bits per heavy atom. The van der Waals surface area contributed by atoms with Crippen LogP contribution in [-0.2, 0) is 19.1 Å². The maximum atomic E-state index is 13.1. The Morgan fingerprint density at radius 2 is 1.75 bits per heavy atom. The molecule has 2 aromatic carbocycles. The number of aryl methyl sites for hydroxylation is 1. The number of benzene rings is 2. The van der Waals surface area contributed by atoms with E-state index in [0.29, 0.717) is 31.9 Å². The van der Waals surface area contributed by atoms with Crippen molar-refractivity contribution < 1.29 is 28.6 Å². The van der Waals surface area contributed by atoms with E-state index in [9.17, 15) is 14.4 Å². The van der Waals surface area contributed by atoms with E-state index in [1.54, 1.807) is 24.1 Å². The van der Waals surface area contributed by atoms with Crippen molar-refractivity contribution in [2.24, 2.45) is 0 Å². The van der Waals surface area contributed by atoms with Gasteiger partial charge in [0.2, 0.25) is 11.8 Å². The number of amides is 3. The fraction of sp³-hybridized carbons (Fsp3) is 0.444. The van der Waals surface area contributed by atoms with Gasteiger partial charge in [0.1, 0.15) is 18.4 Å². The lowest BCUT2D eigenvalue weighted by atomic mass is 10.1. The highest BCUT2D eigenvalue weighted by Gasteiger charge is 2.39. The van der Waals surface area contributed by atoms with Gasteiger partial charge >= 0.3 is 0 Å². The third-order valence-electron chi connectivity index (χ3n) is 6.44. The van der Waals surface area contributed by atoms with Crippen LogP contribution in [0.4, 0.5) is 0 Å². The predicted molar refractivity (Wildman–Crippen MR) is 133 cm³/mol. The Balaban J connectivity index is 1.28. The van der Waals surface area contributed by atoms with Gasteiger partial charge in [-0.2, -0.15) is 0 Å². The molecule has 0 bridgehead atoms. The molecule has 2 aromatic rings. The number of hydrogen-bond acceptors (Lipinski definition) is 6. The van der Waals surface area contributed by atoms with Gasteiger partial charge in [0.15, 0.2) is 0 Å². The lowest BCUT2D eigenvalue weighted by Gasteiger charge is -2.30. The number of nitrogens with zero attached hydrogens (tertiary/aromatic N) is 1. The number of nitrogens with one attached hydrogen (secondary N) is 2. The minimum absolute atomic E-state index is 0.0570. The molecule has 1 unspecified atom stereocenters. The van der Waals surface area contributed by atoms with Gasteiger partial charge in [-0.15, -0.1) is 0 Å². The fourth-order valence-corrected chi connectivity index (χ4v) is 4.22. The van der Waals surface area contributed by atoms with Crippen molar-refractivity contribution in [2.45, 2.75) is 31.3 Å². The van der Waals surface area contributed by atoms with Gasteiger partial charge in [-0.3, -0.25) is 14.4 Å². The maximum absolute atomic E-state index is 13.1. The Kier molecular flexibility index (Phi) is 8.56. The van der Waals surface area contributed by atoms with E-state index in [1.165, 1.54) is 0 Å². The largest absolute Gasteiger partial charge is 0.497 e. The Bertz CT molecular complexity index is 1050. The zero-order chi connectivity index (χ0) is 25.5. The first kappa shape index (κ1) is 25.7. The van der Waals surface area contributed by atoms with Gasteiger partial charge in [0.25, 0.3) is 5.91 Å². The minimum atomic E-state index is -0.905. The van der Waals surface area contributed by atoms with E-state index >= 15 is 0 Å². The molecule has 1 saturated carbocycles. The summed E-state index contributed by atoms with van der Waals surface area (Å²) in [4.78, 5) is 40.0. The van der Waals surface area contributed by atoms with E-state index in [0.717, 1.165) is 23.3 Å². The molecule has 0 spiro atoms. The molecule has 9 nitrogen and oxygen atoms in total. The van der Waals surface area contributed by atoms with E-state index in [-0.39, 0.29) is 42.9 Å². The van der Waals surface area contributed by atoms with Gasteiger partial charge in [0, 0.05) is 30.6 Å². The van der Waals surface area contributed by atoms with Gasteiger partial charge in [-0.05, 0) is 43.2 Å². The maximum Gasteiger partial charge on any atom is 0.251 e. The van der Waals surface area contributed by atoms with Crippen LogP contribution in [-0.4, -0.2) is 81.3 Å². The zero-order valence-corrected chi connectivity index (χ0v) is 20.7. The Morgan fingerprint density at radius 1 is 1.06 bits per heavy atom. The molecular formula is C27H33N3O6. The quantitative estimate of drug-likeness (QED) is 0.519. The molecule has 3 atom stereocenters. The van der Waals surface area contributed by atoms with Crippen LogP contribution in [0.3, 0.4) is 0 Å². The molecule has 1 aliphatic carbocycles. The number of carbonyl (C=O) groups is 3. The first-order chi connectivity index (χ1) is 17.4. The average Bonchev–Trinajstić information content (AvgIpc) is 3.67. The van der Waals surface area contributed by atoms with Crippen molar-refractivity contribution in [1.82, 2.24) is 15.5 Å². The lowest BCUT2D eigenvalue weighted by molar-refractivity contribution is -0.140. The number of carbonyl (C=O) groups excluding carboxylic acids is 3. The molecule has 2 aliphatic rings. The molecule has 36 heavy (non-hydrogen) atoms. The fourth-order valence-electron chi connectivity index (χ4n) is 4.22. The SMILES string of the molecule is COc1ccc([C@@H]2CC2NC(=O)COC[C@H](NC(=O)c2ccc(C)cc2)C(=O)N2CCOCC2)cc1. The molecule has 3 amide bonds. The molecule has 0 aromatic heterocycles. The van der Waals surface area contributed by atoms with E-state index in [2.05, 4.69) is 10.6 Å². The van der Waals surface area contributed by atoms with Crippen molar-refractivity contribution in [1.29, 1.82) is 0 Å². The van der Waals surface area contributed by atoms with Crippen molar-refractivity contribution in [3.63, 3.8) is 0 Å².